The van der Waals surface area contributed by atoms with E-state index in [1.807, 2.05) is 0 Å². The molecule has 3 heterocycles. The Hall–Kier alpha value is -3.04. The van der Waals surface area contributed by atoms with Gasteiger partial charge in [0, 0.05) is 31.0 Å². The molecule has 0 bridgehead atoms. The van der Waals surface area contributed by atoms with E-state index in [1.165, 1.54) is 21.1 Å². The molecule has 35 heavy (non-hydrogen) atoms. The van der Waals surface area contributed by atoms with Crippen LogP contribution in [0.1, 0.15) is 80.0 Å². The maximum Gasteiger partial charge on any atom is 0.261 e. The second-order valence-corrected chi connectivity index (χ2v) is 10.3. The van der Waals surface area contributed by atoms with Crippen molar-refractivity contribution < 1.29 is 23.9 Å². The Kier molecular flexibility index (Phi) is 6.97. The zero-order valence-electron chi connectivity index (χ0n) is 19.6. The molecule has 9 heteroatoms. The fourth-order valence-electron chi connectivity index (χ4n) is 5.02. The minimum Gasteiger partial charge on any atom is -0.376 e. The minimum atomic E-state index is -0.317. The van der Waals surface area contributed by atoms with E-state index in [4.69, 9.17) is 4.74 Å². The van der Waals surface area contributed by atoms with Gasteiger partial charge in [0.25, 0.3) is 17.7 Å². The van der Waals surface area contributed by atoms with E-state index in [9.17, 15) is 19.2 Å². The van der Waals surface area contributed by atoms with E-state index in [2.05, 4.69) is 10.6 Å². The summed E-state index contributed by atoms with van der Waals surface area (Å²) < 4.78 is 5.62. The molecule has 2 N–H and O–H groups in total. The van der Waals surface area contributed by atoms with E-state index in [0.717, 1.165) is 50.7 Å². The molecular weight excluding hydrogens is 466 g/mol. The van der Waals surface area contributed by atoms with E-state index >= 15 is 0 Å². The van der Waals surface area contributed by atoms with Crippen molar-refractivity contribution in [1.29, 1.82) is 0 Å². The van der Waals surface area contributed by atoms with Crippen LogP contribution in [0.15, 0.2) is 24.3 Å². The molecule has 0 spiro atoms. The molecule has 2 aromatic rings. The molecule has 4 amide bonds. The van der Waals surface area contributed by atoms with Crippen molar-refractivity contribution in [3.05, 3.63) is 51.4 Å². The Morgan fingerprint density at radius 3 is 2.51 bits per heavy atom. The summed E-state index contributed by atoms with van der Waals surface area (Å²) in [5, 5.41) is 6.53. The molecule has 1 fully saturated rings. The van der Waals surface area contributed by atoms with Gasteiger partial charge in [-0.15, -0.1) is 11.3 Å². The number of carbonyl (C=O) groups excluding carboxylic acids is 4. The highest BCUT2D eigenvalue weighted by Crippen LogP contribution is 2.38. The van der Waals surface area contributed by atoms with Crippen molar-refractivity contribution in [2.24, 2.45) is 0 Å². The molecule has 1 saturated heterocycles. The summed E-state index contributed by atoms with van der Waals surface area (Å²) in [5.41, 5.74) is 2.44. The number of aryl methyl sites for hydroxylation is 1. The second-order valence-electron chi connectivity index (χ2n) is 9.22. The topological polar surface area (TPSA) is 105 Å². The van der Waals surface area contributed by atoms with Gasteiger partial charge in [-0.3, -0.25) is 24.1 Å². The Morgan fingerprint density at radius 2 is 1.80 bits per heavy atom. The zero-order valence-corrected chi connectivity index (χ0v) is 20.4. The lowest BCUT2D eigenvalue weighted by Gasteiger charge is -2.15. The molecule has 3 aliphatic rings. The van der Waals surface area contributed by atoms with Crippen molar-refractivity contribution in [2.75, 3.05) is 25.0 Å². The van der Waals surface area contributed by atoms with Gasteiger partial charge in [-0.2, -0.15) is 0 Å². The van der Waals surface area contributed by atoms with E-state index in [0.29, 0.717) is 34.7 Å². The number of fused-ring (bicyclic) bond motifs is 2. The molecular formula is C26H29N3O5S. The Balaban J connectivity index is 1.20. The Labute approximate surface area is 208 Å². The predicted octanol–water partition coefficient (Wildman–Crippen LogP) is 3.55. The predicted molar refractivity (Wildman–Crippen MR) is 132 cm³/mol. The van der Waals surface area contributed by atoms with Crippen LogP contribution in [0, 0.1) is 0 Å². The molecule has 0 saturated carbocycles. The number of ether oxygens (including phenoxy) is 1. The van der Waals surface area contributed by atoms with Crippen LogP contribution in [0.5, 0.6) is 0 Å². The molecule has 2 aliphatic heterocycles. The van der Waals surface area contributed by atoms with E-state index in [-0.39, 0.29) is 42.7 Å². The molecule has 1 aliphatic carbocycles. The molecule has 1 aromatic carbocycles. The minimum absolute atomic E-state index is 0.0496. The largest absolute Gasteiger partial charge is 0.376 e. The van der Waals surface area contributed by atoms with Crippen LogP contribution in [-0.2, 0) is 22.4 Å². The standard InChI is InChI=1S/C26H29N3O5S/c30-21(12-5-13-29-25(32)17-8-1-2-9-18(17)26(29)33)28-24-22(19-10-3-4-11-20(19)35-24)23(31)27-15-16-7-6-14-34-16/h1-2,8-9,16H,3-7,10-15H2,(H,27,31)(H,28,30)/t16-/m0/s1. The van der Waals surface area contributed by atoms with Crippen LogP contribution in [0.25, 0.3) is 0 Å². The highest BCUT2D eigenvalue weighted by Gasteiger charge is 2.34. The number of hydrogen-bond donors (Lipinski definition) is 2. The number of rotatable bonds is 8. The lowest BCUT2D eigenvalue weighted by Crippen LogP contribution is -2.33. The van der Waals surface area contributed by atoms with Gasteiger partial charge in [0.1, 0.15) is 5.00 Å². The van der Waals surface area contributed by atoms with Gasteiger partial charge in [0.15, 0.2) is 0 Å². The van der Waals surface area contributed by atoms with Gasteiger partial charge < -0.3 is 15.4 Å². The highest BCUT2D eigenvalue weighted by molar-refractivity contribution is 7.17. The quantitative estimate of drug-likeness (QED) is 0.545. The number of benzene rings is 1. The lowest BCUT2D eigenvalue weighted by molar-refractivity contribution is -0.116. The summed E-state index contributed by atoms with van der Waals surface area (Å²) >= 11 is 1.49. The van der Waals surface area contributed by atoms with Crippen LogP contribution in [0.4, 0.5) is 5.00 Å². The van der Waals surface area contributed by atoms with Crippen LogP contribution >= 0.6 is 11.3 Å². The van der Waals surface area contributed by atoms with Crippen LogP contribution in [-0.4, -0.2) is 54.3 Å². The number of imide groups is 1. The fourth-order valence-corrected chi connectivity index (χ4v) is 6.33. The lowest BCUT2D eigenvalue weighted by atomic mass is 9.95. The first-order valence-corrected chi connectivity index (χ1v) is 13.1. The Morgan fingerprint density at radius 1 is 1.06 bits per heavy atom. The number of anilines is 1. The summed E-state index contributed by atoms with van der Waals surface area (Å²) in [6.07, 6.45) is 6.37. The van der Waals surface area contributed by atoms with E-state index in [1.54, 1.807) is 24.3 Å². The van der Waals surface area contributed by atoms with Crippen molar-refractivity contribution >= 4 is 40.0 Å². The van der Waals surface area contributed by atoms with Gasteiger partial charge in [0.2, 0.25) is 5.91 Å². The normalized spacial score (nSPS) is 19.0. The number of hydrogen-bond acceptors (Lipinski definition) is 6. The molecule has 5 rings (SSSR count). The van der Waals surface area contributed by atoms with Crippen LogP contribution in [0.2, 0.25) is 0 Å². The molecule has 0 unspecified atom stereocenters. The first kappa shape index (κ1) is 23.7. The summed E-state index contributed by atoms with van der Waals surface area (Å²) in [6.45, 7) is 1.38. The molecule has 1 aromatic heterocycles. The number of amides is 4. The summed E-state index contributed by atoms with van der Waals surface area (Å²) in [7, 11) is 0. The SMILES string of the molecule is O=C(CCCN1C(=O)c2ccccc2C1=O)Nc1sc2c(c1C(=O)NC[C@@H]1CCCO1)CCCC2. The zero-order chi connectivity index (χ0) is 24.4. The van der Waals surface area contributed by atoms with Gasteiger partial charge in [0.05, 0.1) is 22.8 Å². The van der Waals surface area contributed by atoms with Crippen molar-refractivity contribution in [3.63, 3.8) is 0 Å². The maximum absolute atomic E-state index is 13.1. The number of thiophene rings is 1. The summed E-state index contributed by atoms with van der Waals surface area (Å²) in [5.74, 6) is -1.03. The second kappa shape index (κ2) is 10.3. The third kappa shape index (κ3) is 4.88. The third-order valence-electron chi connectivity index (χ3n) is 6.83. The smallest absolute Gasteiger partial charge is 0.261 e. The monoisotopic (exact) mass is 495 g/mol. The average Bonchev–Trinajstić information content (AvgIpc) is 3.57. The van der Waals surface area contributed by atoms with Gasteiger partial charge in [-0.05, 0) is 62.6 Å². The highest BCUT2D eigenvalue weighted by atomic mass is 32.1. The summed E-state index contributed by atoms with van der Waals surface area (Å²) in [4.78, 5) is 53.3. The van der Waals surface area contributed by atoms with Crippen molar-refractivity contribution in [3.8, 4) is 0 Å². The number of nitrogens with one attached hydrogen (secondary N) is 2. The molecule has 8 nitrogen and oxygen atoms in total. The van der Waals surface area contributed by atoms with Gasteiger partial charge in [-0.25, -0.2) is 0 Å². The van der Waals surface area contributed by atoms with Gasteiger partial charge in [-0.1, -0.05) is 12.1 Å². The average molecular weight is 496 g/mol. The van der Waals surface area contributed by atoms with Crippen LogP contribution in [0.3, 0.4) is 0 Å². The molecule has 184 valence electrons. The third-order valence-corrected chi connectivity index (χ3v) is 8.04. The summed E-state index contributed by atoms with van der Waals surface area (Å²) in [6, 6.07) is 6.75. The Bertz CT molecular complexity index is 1130. The van der Waals surface area contributed by atoms with Crippen LogP contribution < -0.4 is 10.6 Å². The molecule has 1 atom stereocenters. The molecule has 0 radical (unpaired) electrons. The van der Waals surface area contributed by atoms with Gasteiger partial charge >= 0.3 is 0 Å². The van der Waals surface area contributed by atoms with E-state index < -0.39 is 0 Å². The maximum atomic E-state index is 13.1. The van der Waals surface area contributed by atoms with Crippen molar-refractivity contribution in [2.45, 2.75) is 57.5 Å². The first-order valence-electron chi connectivity index (χ1n) is 12.3. The fraction of sp³-hybridized carbons (Fsp3) is 0.462. The number of carbonyl (C=O) groups is 4. The number of nitrogens with zero attached hydrogens (tertiary/aromatic N) is 1. The first-order chi connectivity index (χ1) is 17.0. The van der Waals surface area contributed by atoms with Crippen molar-refractivity contribution in [1.82, 2.24) is 10.2 Å².